The van der Waals surface area contributed by atoms with E-state index in [0.29, 0.717) is 32.6 Å². The van der Waals surface area contributed by atoms with E-state index in [1.165, 1.54) is 0 Å². The Labute approximate surface area is 84.2 Å². The minimum Gasteiger partial charge on any atom is -0.381 e. The van der Waals surface area contributed by atoms with Crippen LogP contribution in [0.4, 0.5) is 0 Å². The van der Waals surface area contributed by atoms with Crippen molar-refractivity contribution in [1.29, 1.82) is 0 Å². The number of carbonyl (C=O) groups excluding carboxylic acids is 1. The van der Waals surface area contributed by atoms with Gasteiger partial charge in [0.05, 0.1) is 12.1 Å². The first-order chi connectivity index (χ1) is 6.69. The maximum Gasteiger partial charge on any atom is 0.241 e. The molecule has 0 atom stereocenters. The predicted octanol–water partition coefficient (Wildman–Crippen LogP) is -0.366. The summed E-state index contributed by atoms with van der Waals surface area (Å²) in [5.41, 5.74) is 5.19. The third-order valence-corrected chi connectivity index (χ3v) is 2.35. The lowest BCUT2D eigenvalue weighted by Gasteiger charge is -2.31. The van der Waals surface area contributed by atoms with Crippen molar-refractivity contribution in [1.82, 2.24) is 5.32 Å². The summed E-state index contributed by atoms with van der Waals surface area (Å²) in [7, 11) is 0. The minimum absolute atomic E-state index is 0.122. The fourth-order valence-corrected chi connectivity index (χ4v) is 1.35. The average Bonchev–Trinajstić information content (AvgIpc) is 2.19. The van der Waals surface area contributed by atoms with Gasteiger partial charge in [-0.25, -0.2) is 0 Å². The van der Waals surface area contributed by atoms with E-state index < -0.39 is 5.54 Å². The smallest absolute Gasteiger partial charge is 0.241 e. The van der Waals surface area contributed by atoms with E-state index in [2.05, 4.69) is 17.2 Å². The fraction of sp³-hybridized carbons (Fsp3) is 0.700. The summed E-state index contributed by atoms with van der Waals surface area (Å²) in [6.07, 6.45) is 1.16. The lowest BCUT2D eigenvalue weighted by atomic mass is 9.90. The Morgan fingerprint density at radius 1 is 1.57 bits per heavy atom. The Morgan fingerprint density at radius 2 is 2.21 bits per heavy atom. The van der Waals surface area contributed by atoms with Crippen LogP contribution in [0.15, 0.2) is 0 Å². The van der Waals surface area contributed by atoms with Crippen LogP contribution in [0, 0.1) is 11.8 Å². The van der Waals surface area contributed by atoms with Gasteiger partial charge in [-0.05, 0) is 19.8 Å². The van der Waals surface area contributed by atoms with E-state index in [4.69, 9.17) is 10.5 Å². The molecular formula is C10H16N2O2. The molecule has 4 nitrogen and oxygen atoms in total. The third-order valence-electron chi connectivity index (χ3n) is 2.35. The second-order valence-electron chi connectivity index (χ2n) is 3.38. The average molecular weight is 196 g/mol. The molecule has 1 amide bonds. The third kappa shape index (κ3) is 2.72. The number of amides is 1. The van der Waals surface area contributed by atoms with Crippen LogP contribution in [0.25, 0.3) is 0 Å². The SMILES string of the molecule is CC#CCNC(=O)C1(N)CCOCC1. The lowest BCUT2D eigenvalue weighted by molar-refractivity contribution is -0.129. The fourth-order valence-electron chi connectivity index (χ4n) is 1.35. The first-order valence-electron chi connectivity index (χ1n) is 4.73. The van der Waals surface area contributed by atoms with E-state index in [1.807, 2.05) is 0 Å². The van der Waals surface area contributed by atoms with E-state index in [-0.39, 0.29) is 5.91 Å². The van der Waals surface area contributed by atoms with E-state index in [0.717, 1.165) is 0 Å². The first kappa shape index (κ1) is 11.0. The predicted molar refractivity (Wildman–Crippen MR) is 53.4 cm³/mol. The van der Waals surface area contributed by atoms with Gasteiger partial charge in [0.15, 0.2) is 0 Å². The van der Waals surface area contributed by atoms with Crippen molar-refractivity contribution in [2.45, 2.75) is 25.3 Å². The van der Waals surface area contributed by atoms with Crippen LogP contribution in [0.2, 0.25) is 0 Å². The van der Waals surface area contributed by atoms with Crippen molar-refractivity contribution in [3.05, 3.63) is 0 Å². The second kappa shape index (κ2) is 4.99. The molecule has 0 aromatic heterocycles. The van der Waals surface area contributed by atoms with Gasteiger partial charge < -0.3 is 15.8 Å². The molecule has 0 saturated carbocycles. The highest BCUT2D eigenvalue weighted by Gasteiger charge is 2.35. The molecule has 1 aliphatic heterocycles. The van der Waals surface area contributed by atoms with E-state index >= 15 is 0 Å². The molecule has 0 bridgehead atoms. The number of carbonyl (C=O) groups is 1. The molecule has 4 heteroatoms. The van der Waals surface area contributed by atoms with E-state index in [9.17, 15) is 4.79 Å². The molecule has 1 aliphatic rings. The van der Waals surface area contributed by atoms with Gasteiger partial charge in [-0.2, -0.15) is 0 Å². The highest BCUT2D eigenvalue weighted by molar-refractivity contribution is 5.86. The van der Waals surface area contributed by atoms with Crippen LogP contribution < -0.4 is 11.1 Å². The van der Waals surface area contributed by atoms with Crippen molar-refractivity contribution in [3.8, 4) is 11.8 Å². The quantitative estimate of drug-likeness (QED) is 0.592. The van der Waals surface area contributed by atoms with E-state index in [1.54, 1.807) is 6.92 Å². The van der Waals surface area contributed by atoms with Gasteiger partial charge in [0, 0.05) is 13.2 Å². The number of nitrogens with one attached hydrogen (secondary N) is 1. The summed E-state index contributed by atoms with van der Waals surface area (Å²) in [6, 6.07) is 0. The van der Waals surface area contributed by atoms with Gasteiger partial charge in [-0.3, -0.25) is 4.79 Å². The molecule has 14 heavy (non-hydrogen) atoms. The van der Waals surface area contributed by atoms with Gasteiger partial charge in [0.2, 0.25) is 5.91 Å². The highest BCUT2D eigenvalue weighted by atomic mass is 16.5. The Hall–Kier alpha value is -1.05. The van der Waals surface area contributed by atoms with Gasteiger partial charge in [0.1, 0.15) is 0 Å². The molecule has 0 radical (unpaired) electrons. The second-order valence-corrected chi connectivity index (χ2v) is 3.38. The number of nitrogens with two attached hydrogens (primary N) is 1. The lowest BCUT2D eigenvalue weighted by Crippen LogP contribution is -2.56. The van der Waals surface area contributed by atoms with Gasteiger partial charge in [-0.1, -0.05) is 5.92 Å². The molecule has 0 aromatic carbocycles. The maximum atomic E-state index is 11.6. The molecule has 0 spiro atoms. The van der Waals surface area contributed by atoms with Crippen molar-refractivity contribution < 1.29 is 9.53 Å². The van der Waals surface area contributed by atoms with Crippen molar-refractivity contribution in [2.24, 2.45) is 5.73 Å². The molecule has 0 unspecified atom stereocenters. The summed E-state index contributed by atoms with van der Waals surface area (Å²) in [5.74, 6) is 5.35. The molecule has 1 fully saturated rings. The molecular weight excluding hydrogens is 180 g/mol. The summed E-state index contributed by atoms with van der Waals surface area (Å²) in [5, 5.41) is 2.70. The largest absolute Gasteiger partial charge is 0.381 e. The zero-order valence-electron chi connectivity index (χ0n) is 8.43. The monoisotopic (exact) mass is 196 g/mol. The Kier molecular flexibility index (Phi) is 3.93. The zero-order valence-corrected chi connectivity index (χ0v) is 8.43. The molecule has 0 aliphatic carbocycles. The number of ether oxygens (including phenoxy) is 1. The highest BCUT2D eigenvalue weighted by Crippen LogP contribution is 2.17. The molecule has 0 aromatic rings. The Balaban J connectivity index is 2.43. The van der Waals surface area contributed by atoms with Crippen LogP contribution in [0.5, 0.6) is 0 Å². The Bertz CT molecular complexity index is 259. The van der Waals surface area contributed by atoms with Gasteiger partial charge >= 0.3 is 0 Å². The van der Waals surface area contributed by atoms with Crippen LogP contribution in [0.1, 0.15) is 19.8 Å². The Morgan fingerprint density at radius 3 is 2.79 bits per heavy atom. The van der Waals surface area contributed by atoms with Crippen LogP contribution in [0.3, 0.4) is 0 Å². The zero-order chi connectivity index (χ0) is 10.4. The van der Waals surface area contributed by atoms with Crippen LogP contribution in [-0.2, 0) is 9.53 Å². The molecule has 1 heterocycles. The summed E-state index contributed by atoms with van der Waals surface area (Å²) < 4.78 is 5.15. The van der Waals surface area contributed by atoms with Crippen LogP contribution >= 0.6 is 0 Å². The summed E-state index contributed by atoms with van der Waals surface area (Å²) in [6.45, 7) is 3.22. The number of rotatable bonds is 2. The van der Waals surface area contributed by atoms with Crippen molar-refractivity contribution in [2.75, 3.05) is 19.8 Å². The molecule has 1 saturated heterocycles. The minimum atomic E-state index is -0.756. The normalized spacial score (nSPS) is 19.3. The molecule has 1 rings (SSSR count). The number of hydrogen-bond acceptors (Lipinski definition) is 3. The van der Waals surface area contributed by atoms with Crippen molar-refractivity contribution in [3.63, 3.8) is 0 Å². The topological polar surface area (TPSA) is 64.4 Å². The summed E-state index contributed by atoms with van der Waals surface area (Å²) in [4.78, 5) is 11.6. The number of hydrogen-bond donors (Lipinski definition) is 2. The van der Waals surface area contributed by atoms with Crippen LogP contribution in [-0.4, -0.2) is 31.2 Å². The van der Waals surface area contributed by atoms with Gasteiger partial charge in [-0.15, -0.1) is 5.92 Å². The molecule has 78 valence electrons. The first-order valence-corrected chi connectivity index (χ1v) is 4.73. The van der Waals surface area contributed by atoms with Gasteiger partial charge in [0.25, 0.3) is 0 Å². The maximum absolute atomic E-state index is 11.6. The van der Waals surface area contributed by atoms with Crippen molar-refractivity contribution >= 4 is 5.91 Å². The standard InChI is InChI=1S/C10H16N2O2/c1-2-3-6-12-9(13)10(11)4-7-14-8-5-10/h4-8,11H2,1H3,(H,12,13). The molecule has 3 N–H and O–H groups in total. The summed E-state index contributed by atoms with van der Waals surface area (Å²) >= 11 is 0.